The molecule has 2 heterocycles. The maximum absolute atomic E-state index is 12.6. The van der Waals surface area contributed by atoms with Gasteiger partial charge in [-0.15, -0.1) is 11.3 Å². The van der Waals surface area contributed by atoms with Gasteiger partial charge in [0, 0.05) is 11.1 Å². The van der Waals surface area contributed by atoms with Crippen LogP contribution in [0.4, 0.5) is 18.9 Å². The van der Waals surface area contributed by atoms with Crippen LogP contribution in [0.3, 0.4) is 0 Å². The van der Waals surface area contributed by atoms with E-state index in [9.17, 15) is 22.8 Å². The molecule has 0 aliphatic carbocycles. The van der Waals surface area contributed by atoms with Crippen LogP contribution in [0.5, 0.6) is 0 Å². The number of anilines is 1. The Morgan fingerprint density at radius 2 is 1.78 bits per heavy atom. The standard InChI is InChI=1S/C22H16F3N3O3S/c1-13-17-11-18(32-20(17)28(27-13)16-5-3-2-4-6-16)21(30)31-12-19(29)26-15-9-7-14(8-10-15)22(23,24)25/h2-11H,12H2,1H3,(H,26,29). The summed E-state index contributed by atoms with van der Waals surface area (Å²) in [5.74, 6) is -1.33. The zero-order valence-corrected chi connectivity index (χ0v) is 17.5. The first-order chi connectivity index (χ1) is 15.2. The zero-order valence-electron chi connectivity index (χ0n) is 16.6. The van der Waals surface area contributed by atoms with Gasteiger partial charge in [0.1, 0.15) is 9.71 Å². The first-order valence-electron chi connectivity index (χ1n) is 9.41. The highest BCUT2D eigenvalue weighted by molar-refractivity contribution is 7.20. The molecule has 0 aliphatic heterocycles. The highest BCUT2D eigenvalue weighted by Crippen LogP contribution is 2.31. The fourth-order valence-corrected chi connectivity index (χ4v) is 4.11. The van der Waals surface area contributed by atoms with Crippen LogP contribution in [0, 0.1) is 6.92 Å². The number of halogens is 3. The first-order valence-corrected chi connectivity index (χ1v) is 10.2. The molecule has 0 aliphatic rings. The third kappa shape index (κ3) is 4.50. The molecule has 10 heteroatoms. The average Bonchev–Trinajstić information content (AvgIpc) is 3.33. The Labute approximate surface area is 184 Å². The van der Waals surface area contributed by atoms with Gasteiger partial charge < -0.3 is 10.1 Å². The van der Waals surface area contributed by atoms with E-state index >= 15 is 0 Å². The van der Waals surface area contributed by atoms with E-state index in [1.54, 1.807) is 10.7 Å². The molecular weight excluding hydrogens is 443 g/mol. The molecule has 0 saturated heterocycles. The lowest BCUT2D eigenvalue weighted by atomic mass is 10.2. The number of aryl methyl sites for hydroxylation is 1. The van der Waals surface area contributed by atoms with E-state index in [-0.39, 0.29) is 5.69 Å². The van der Waals surface area contributed by atoms with Gasteiger partial charge in [-0.1, -0.05) is 18.2 Å². The number of carbonyl (C=O) groups excluding carboxylic acids is 2. The first kappa shape index (κ1) is 21.6. The topological polar surface area (TPSA) is 73.2 Å². The molecule has 2 aromatic carbocycles. The number of aromatic nitrogens is 2. The van der Waals surface area contributed by atoms with E-state index in [0.717, 1.165) is 45.9 Å². The highest BCUT2D eigenvalue weighted by Gasteiger charge is 2.30. The van der Waals surface area contributed by atoms with Crippen molar-refractivity contribution in [3.8, 4) is 5.69 Å². The third-order valence-corrected chi connectivity index (χ3v) is 5.67. The molecule has 4 rings (SSSR count). The molecule has 164 valence electrons. The maximum Gasteiger partial charge on any atom is 0.416 e. The van der Waals surface area contributed by atoms with E-state index < -0.39 is 30.2 Å². The summed E-state index contributed by atoms with van der Waals surface area (Å²) in [6, 6.07) is 15.1. The summed E-state index contributed by atoms with van der Waals surface area (Å²) in [7, 11) is 0. The van der Waals surface area contributed by atoms with Gasteiger partial charge in [-0.05, 0) is 49.4 Å². The molecule has 0 spiro atoms. The van der Waals surface area contributed by atoms with Crippen molar-refractivity contribution in [1.82, 2.24) is 9.78 Å². The molecule has 0 saturated carbocycles. The van der Waals surface area contributed by atoms with Crippen LogP contribution in [0.2, 0.25) is 0 Å². The van der Waals surface area contributed by atoms with E-state index in [4.69, 9.17) is 4.74 Å². The van der Waals surface area contributed by atoms with Crippen LogP contribution in [0.1, 0.15) is 20.9 Å². The van der Waals surface area contributed by atoms with Crippen LogP contribution in [0.25, 0.3) is 15.9 Å². The number of amides is 1. The summed E-state index contributed by atoms with van der Waals surface area (Å²) >= 11 is 1.19. The summed E-state index contributed by atoms with van der Waals surface area (Å²) in [6.07, 6.45) is -4.46. The molecule has 0 bridgehead atoms. The number of ether oxygens (including phenoxy) is 1. The Morgan fingerprint density at radius 1 is 1.09 bits per heavy atom. The summed E-state index contributed by atoms with van der Waals surface area (Å²) in [6.45, 7) is 1.26. The number of fused-ring (bicyclic) bond motifs is 1. The van der Waals surface area contributed by atoms with Crippen LogP contribution in [-0.2, 0) is 15.7 Å². The highest BCUT2D eigenvalue weighted by atomic mass is 32.1. The largest absolute Gasteiger partial charge is 0.451 e. The summed E-state index contributed by atoms with van der Waals surface area (Å²) < 4.78 is 44.6. The van der Waals surface area contributed by atoms with Gasteiger partial charge in [0.25, 0.3) is 5.91 Å². The number of esters is 1. The van der Waals surface area contributed by atoms with Gasteiger partial charge >= 0.3 is 12.1 Å². The van der Waals surface area contributed by atoms with Crippen molar-refractivity contribution in [3.63, 3.8) is 0 Å². The molecule has 1 N–H and O–H groups in total. The summed E-state index contributed by atoms with van der Waals surface area (Å²) in [5, 5.41) is 7.70. The van der Waals surface area contributed by atoms with Gasteiger partial charge in [-0.25, -0.2) is 9.48 Å². The Bertz CT molecular complexity index is 1280. The van der Waals surface area contributed by atoms with E-state index in [1.807, 2.05) is 37.3 Å². The van der Waals surface area contributed by atoms with Crippen LogP contribution < -0.4 is 5.32 Å². The second kappa shape index (κ2) is 8.46. The number of carbonyl (C=O) groups is 2. The Morgan fingerprint density at radius 3 is 2.44 bits per heavy atom. The molecule has 6 nitrogen and oxygen atoms in total. The maximum atomic E-state index is 12.6. The third-order valence-electron chi connectivity index (χ3n) is 4.58. The van der Waals surface area contributed by atoms with Crippen LogP contribution >= 0.6 is 11.3 Å². The van der Waals surface area contributed by atoms with Crippen LogP contribution in [0.15, 0.2) is 60.7 Å². The molecular formula is C22H16F3N3O3S. The van der Waals surface area contributed by atoms with E-state index in [1.165, 1.54) is 11.3 Å². The second-order valence-corrected chi connectivity index (χ2v) is 7.89. The van der Waals surface area contributed by atoms with Crippen molar-refractivity contribution >= 4 is 39.1 Å². The SMILES string of the molecule is Cc1nn(-c2ccccc2)c2sc(C(=O)OCC(=O)Nc3ccc(C(F)(F)F)cc3)cc12. The van der Waals surface area contributed by atoms with Crippen molar-refractivity contribution in [2.45, 2.75) is 13.1 Å². The molecule has 0 unspecified atom stereocenters. The summed E-state index contributed by atoms with van der Waals surface area (Å²) in [4.78, 5) is 25.5. The summed E-state index contributed by atoms with van der Waals surface area (Å²) in [5.41, 5.74) is 0.943. The molecule has 1 amide bonds. The number of thiophene rings is 1. The number of rotatable bonds is 5. The number of para-hydroxylation sites is 1. The number of benzene rings is 2. The van der Waals surface area contributed by atoms with Crippen molar-refractivity contribution in [1.29, 1.82) is 0 Å². The normalized spacial score (nSPS) is 11.5. The number of hydrogen-bond acceptors (Lipinski definition) is 5. The Balaban J connectivity index is 1.41. The number of hydrogen-bond donors (Lipinski definition) is 1. The predicted octanol–water partition coefficient (Wildman–Crippen LogP) is 5.21. The average molecular weight is 459 g/mol. The molecule has 0 fully saturated rings. The van der Waals surface area contributed by atoms with Gasteiger partial charge in [-0.3, -0.25) is 4.79 Å². The fourth-order valence-electron chi connectivity index (χ4n) is 3.03. The van der Waals surface area contributed by atoms with Gasteiger partial charge in [0.2, 0.25) is 0 Å². The van der Waals surface area contributed by atoms with Crippen LogP contribution in [-0.4, -0.2) is 28.3 Å². The lowest BCUT2D eigenvalue weighted by Gasteiger charge is -2.09. The van der Waals surface area contributed by atoms with Crippen molar-refractivity contribution < 1.29 is 27.5 Å². The number of alkyl halides is 3. The molecule has 4 aromatic rings. The fraction of sp³-hybridized carbons (Fsp3) is 0.136. The molecule has 0 atom stereocenters. The number of nitrogens with one attached hydrogen (secondary N) is 1. The predicted molar refractivity (Wildman–Crippen MR) is 114 cm³/mol. The van der Waals surface area contributed by atoms with Gasteiger partial charge in [0.05, 0.1) is 16.9 Å². The Kier molecular flexibility index (Phi) is 5.70. The van der Waals surface area contributed by atoms with Crippen molar-refractivity contribution in [3.05, 3.63) is 76.8 Å². The minimum absolute atomic E-state index is 0.166. The van der Waals surface area contributed by atoms with Crippen molar-refractivity contribution in [2.75, 3.05) is 11.9 Å². The lowest BCUT2D eigenvalue weighted by Crippen LogP contribution is -2.20. The van der Waals surface area contributed by atoms with Gasteiger partial charge in [-0.2, -0.15) is 18.3 Å². The molecule has 0 radical (unpaired) electrons. The zero-order chi connectivity index (χ0) is 22.9. The molecule has 32 heavy (non-hydrogen) atoms. The quantitative estimate of drug-likeness (QED) is 0.416. The Hall–Kier alpha value is -3.66. The van der Waals surface area contributed by atoms with E-state index in [0.29, 0.717) is 4.88 Å². The van der Waals surface area contributed by atoms with E-state index in [2.05, 4.69) is 10.4 Å². The van der Waals surface area contributed by atoms with Crippen molar-refractivity contribution in [2.24, 2.45) is 0 Å². The minimum Gasteiger partial charge on any atom is -0.451 e. The minimum atomic E-state index is -4.46. The second-order valence-electron chi connectivity index (χ2n) is 6.86. The number of nitrogens with zero attached hydrogens (tertiary/aromatic N) is 2. The molecule has 2 aromatic heterocycles. The van der Waals surface area contributed by atoms with Gasteiger partial charge in [0.15, 0.2) is 6.61 Å². The smallest absolute Gasteiger partial charge is 0.416 e. The monoisotopic (exact) mass is 459 g/mol. The lowest BCUT2D eigenvalue weighted by molar-refractivity contribution is -0.137.